The van der Waals surface area contributed by atoms with Gasteiger partial charge in [0.25, 0.3) is 0 Å². The van der Waals surface area contributed by atoms with Gasteiger partial charge in [-0.15, -0.1) is 0 Å². The van der Waals surface area contributed by atoms with Gasteiger partial charge in [0.1, 0.15) is 11.5 Å². The maximum atomic E-state index is 15.6. The third kappa shape index (κ3) is 7.92. The average molecular weight is 936 g/mol. The summed E-state index contributed by atoms with van der Waals surface area (Å²) in [5.74, 6) is -0.268. The molecule has 1 N–H and O–H groups in total. The molecular formula is C57H37F3NO5PS. The van der Waals surface area contributed by atoms with Gasteiger partial charge in [-0.3, -0.25) is 0 Å². The molecule has 10 aromatic carbocycles. The van der Waals surface area contributed by atoms with Crippen LogP contribution in [-0.2, 0) is 14.6 Å². The van der Waals surface area contributed by atoms with Crippen LogP contribution >= 0.6 is 7.75 Å². The lowest BCUT2D eigenvalue weighted by Gasteiger charge is -2.22. The van der Waals surface area contributed by atoms with Crippen LogP contribution in [0.2, 0.25) is 0 Å². The molecular weight excluding hydrogens is 899 g/mol. The Bertz CT molecular complexity index is 3400. The zero-order valence-electron chi connectivity index (χ0n) is 35.8. The van der Waals surface area contributed by atoms with Crippen LogP contribution in [-0.4, -0.2) is 13.9 Å². The predicted octanol–water partition coefficient (Wildman–Crippen LogP) is 16.0. The van der Waals surface area contributed by atoms with Gasteiger partial charge in [-0.2, -0.15) is 13.2 Å². The summed E-state index contributed by atoms with van der Waals surface area (Å²) in [6.45, 7) is 0. The first kappa shape index (κ1) is 42.9. The van der Waals surface area contributed by atoms with Gasteiger partial charge in [0.2, 0.25) is 0 Å². The summed E-state index contributed by atoms with van der Waals surface area (Å²) in [6.07, 6.45) is 0. The van der Waals surface area contributed by atoms with Gasteiger partial charge in [0.15, 0.2) is 0 Å². The Morgan fingerprint density at radius 2 is 0.676 bits per heavy atom. The number of fused-ring (bicyclic) bond motifs is 7. The van der Waals surface area contributed by atoms with E-state index in [-0.39, 0.29) is 11.5 Å². The standard InChI is InChI=1S/C57H37F3NO5PS/c58-57(59,60)68(63,64)61-67(62)65-55-51(47-31-43(37-17-5-1-6-18-37)29-44(32-47)38-19-7-2-8-20-38)35-41-25-13-15-27-49(41)53(55)54-50-28-16-14-26-42(50)36-52(56(54)66-67)48-33-45(39-21-9-3-10-22-39)30-46(34-48)40-23-11-4-12-24-40/h1-36H,(H,61,62). The molecule has 0 radical (unpaired) electrons. The third-order valence-electron chi connectivity index (χ3n) is 12.1. The molecule has 6 nitrogen and oxygen atoms in total. The molecule has 11 rings (SSSR count). The lowest BCUT2D eigenvalue weighted by atomic mass is 9.85. The molecule has 0 unspecified atom stereocenters. The van der Waals surface area contributed by atoms with Crippen LogP contribution in [0.4, 0.5) is 13.2 Å². The molecule has 10 aromatic rings. The molecule has 0 amide bonds. The highest BCUT2D eigenvalue weighted by Crippen LogP contribution is 2.62. The summed E-state index contributed by atoms with van der Waals surface area (Å²) in [5, 5.41) is 2.63. The molecule has 1 aliphatic heterocycles. The van der Waals surface area contributed by atoms with Crippen LogP contribution in [0.5, 0.6) is 11.5 Å². The second-order valence-corrected chi connectivity index (χ2v) is 20.0. The van der Waals surface area contributed by atoms with Crippen LogP contribution in [0.3, 0.4) is 0 Å². The van der Waals surface area contributed by atoms with Crippen LogP contribution in [0.25, 0.3) is 99.4 Å². The Labute approximate surface area is 390 Å². The van der Waals surface area contributed by atoms with Gasteiger partial charge in [0.05, 0.1) is 0 Å². The predicted molar refractivity (Wildman–Crippen MR) is 266 cm³/mol. The van der Waals surface area contributed by atoms with E-state index < -0.39 is 23.3 Å². The van der Waals surface area contributed by atoms with E-state index in [0.717, 1.165) is 55.3 Å². The van der Waals surface area contributed by atoms with E-state index in [1.165, 1.54) is 4.49 Å². The lowest BCUT2D eigenvalue weighted by molar-refractivity contribution is -0.0443. The first-order chi connectivity index (χ1) is 32.9. The number of alkyl halides is 3. The number of nitrogens with one attached hydrogen (secondary N) is 1. The third-order valence-corrected chi connectivity index (χ3v) is 15.4. The monoisotopic (exact) mass is 935 g/mol. The zero-order valence-corrected chi connectivity index (χ0v) is 37.5. The van der Waals surface area contributed by atoms with Gasteiger partial charge in [-0.25, -0.2) is 13.0 Å². The smallest absolute Gasteiger partial charge is 0.403 e. The zero-order chi connectivity index (χ0) is 46.6. The summed E-state index contributed by atoms with van der Waals surface area (Å²) >= 11 is 0. The average Bonchev–Trinajstić information content (AvgIpc) is 3.50. The minimum Gasteiger partial charge on any atom is -0.403 e. The molecule has 332 valence electrons. The largest absolute Gasteiger partial charge is 0.526 e. The highest BCUT2D eigenvalue weighted by molar-refractivity contribution is 7.95. The number of benzene rings is 10. The van der Waals surface area contributed by atoms with Crippen LogP contribution in [0.1, 0.15) is 0 Å². The Hall–Kier alpha value is -7.75. The summed E-state index contributed by atoms with van der Waals surface area (Å²) in [6, 6.07) is 69.2. The second-order valence-electron chi connectivity index (χ2n) is 16.5. The molecule has 0 saturated heterocycles. The van der Waals surface area contributed by atoms with Crippen molar-refractivity contribution in [3.8, 4) is 89.4 Å². The van der Waals surface area contributed by atoms with Crippen molar-refractivity contribution in [3.05, 3.63) is 218 Å². The first-order valence-electron chi connectivity index (χ1n) is 21.7. The van der Waals surface area contributed by atoms with Crippen molar-refractivity contribution in [1.29, 1.82) is 0 Å². The van der Waals surface area contributed by atoms with E-state index in [4.69, 9.17) is 9.05 Å². The van der Waals surface area contributed by atoms with E-state index in [2.05, 4.69) is 0 Å². The second kappa shape index (κ2) is 16.8. The van der Waals surface area contributed by atoms with E-state index >= 15 is 4.57 Å². The Morgan fingerprint density at radius 3 is 1.00 bits per heavy atom. The maximum absolute atomic E-state index is 15.6. The molecule has 68 heavy (non-hydrogen) atoms. The van der Waals surface area contributed by atoms with Crippen molar-refractivity contribution < 1.29 is 35.2 Å². The molecule has 0 aromatic heterocycles. The van der Waals surface area contributed by atoms with Gasteiger partial charge < -0.3 is 9.05 Å². The highest BCUT2D eigenvalue weighted by Gasteiger charge is 2.53. The van der Waals surface area contributed by atoms with Crippen molar-refractivity contribution in [2.75, 3.05) is 0 Å². The van der Waals surface area contributed by atoms with Crippen molar-refractivity contribution in [3.63, 3.8) is 0 Å². The minimum absolute atomic E-state index is 0.134. The number of halogens is 3. The van der Waals surface area contributed by atoms with Gasteiger partial charge >= 0.3 is 23.3 Å². The number of hydrogen-bond donors (Lipinski definition) is 1. The molecule has 0 saturated carbocycles. The van der Waals surface area contributed by atoms with Crippen LogP contribution in [0.15, 0.2) is 218 Å². The number of sulfonamides is 1. The number of hydrogen-bond acceptors (Lipinski definition) is 5. The molecule has 1 aliphatic rings. The first-order valence-corrected chi connectivity index (χ1v) is 24.7. The van der Waals surface area contributed by atoms with Crippen LogP contribution in [0, 0.1) is 0 Å². The Balaban J connectivity index is 1.28. The normalized spacial score (nSPS) is 13.2. The molecule has 0 atom stereocenters. The fourth-order valence-corrected chi connectivity index (χ4v) is 11.8. The molecule has 0 spiro atoms. The van der Waals surface area contributed by atoms with Crippen molar-refractivity contribution in [2.45, 2.75) is 5.51 Å². The van der Waals surface area contributed by atoms with Crippen molar-refractivity contribution >= 4 is 39.3 Å². The molecule has 0 aliphatic carbocycles. The van der Waals surface area contributed by atoms with Gasteiger partial charge in [-0.1, -0.05) is 174 Å². The van der Waals surface area contributed by atoms with Crippen molar-refractivity contribution in [2.24, 2.45) is 0 Å². The van der Waals surface area contributed by atoms with E-state index in [9.17, 15) is 21.6 Å². The fourth-order valence-electron chi connectivity index (χ4n) is 9.02. The highest BCUT2D eigenvalue weighted by atomic mass is 32.2. The molecule has 0 fully saturated rings. The minimum atomic E-state index is -6.35. The summed E-state index contributed by atoms with van der Waals surface area (Å²) in [4.78, 5) is 0. The van der Waals surface area contributed by atoms with E-state index in [1.807, 2.05) is 218 Å². The molecule has 11 heteroatoms. The summed E-state index contributed by atoms with van der Waals surface area (Å²) in [7, 11) is -12.0. The maximum Gasteiger partial charge on any atom is 0.526 e. The van der Waals surface area contributed by atoms with Crippen molar-refractivity contribution in [1.82, 2.24) is 4.49 Å². The van der Waals surface area contributed by atoms with E-state index in [0.29, 0.717) is 44.2 Å². The molecule has 0 bridgehead atoms. The Morgan fingerprint density at radius 1 is 0.382 bits per heavy atom. The van der Waals surface area contributed by atoms with Crippen LogP contribution < -0.4 is 13.5 Å². The Kier molecular flexibility index (Phi) is 10.6. The fraction of sp³-hybridized carbons (Fsp3) is 0.0175. The number of rotatable bonds is 8. The molecule has 1 heterocycles. The van der Waals surface area contributed by atoms with Gasteiger partial charge in [-0.05, 0) is 126 Å². The quantitative estimate of drug-likeness (QED) is 0.154. The van der Waals surface area contributed by atoms with E-state index in [1.54, 1.807) is 0 Å². The SMILES string of the molecule is O=P1(NS(=O)(=O)C(F)(F)F)Oc2c(-c3cc(-c4ccccc4)cc(-c4ccccc4)c3)cc3ccccc3c2-c2c(c(-c3cc(-c4ccccc4)cc(-c4ccccc4)c3)cc3ccccc23)O1. The summed E-state index contributed by atoms with van der Waals surface area (Å²) < 4.78 is 99.8. The topological polar surface area (TPSA) is 81.7 Å². The van der Waals surface area contributed by atoms with Gasteiger partial charge in [0, 0.05) is 22.3 Å². The lowest BCUT2D eigenvalue weighted by Crippen LogP contribution is -2.36. The summed E-state index contributed by atoms with van der Waals surface area (Å²) in [5.41, 5.74) is 3.43.